The molecular formula is C29H32F4N4O4. The van der Waals surface area contributed by atoms with Gasteiger partial charge in [-0.3, -0.25) is 14.6 Å². The summed E-state index contributed by atoms with van der Waals surface area (Å²) in [7, 11) is 0. The maximum atomic E-state index is 14.0. The highest BCUT2D eigenvalue weighted by molar-refractivity contribution is 5.96. The van der Waals surface area contributed by atoms with Crippen molar-refractivity contribution in [3.63, 3.8) is 0 Å². The predicted octanol–water partition coefficient (Wildman–Crippen LogP) is 4.59. The van der Waals surface area contributed by atoms with Crippen LogP contribution in [0.15, 0.2) is 59.8 Å². The molecule has 2 aliphatic rings. The van der Waals surface area contributed by atoms with Gasteiger partial charge in [0, 0.05) is 50.0 Å². The van der Waals surface area contributed by atoms with E-state index in [0.717, 1.165) is 6.07 Å². The van der Waals surface area contributed by atoms with Crippen molar-refractivity contribution in [1.29, 1.82) is 0 Å². The van der Waals surface area contributed by atoms with E-state index in [1.807, 2.05) is 11.8 Å². The molecule has 8 nitrogen and oxygen atoms in total. The molecule has 1 saturated heterocycles. The van der Waals surface area contributed by atoms with Gasteiger partial charge in [0.25, 0.3) is 5.91 Å². The smallest absolute Gasteiger partial charge is 0.416 e. The second kappa shape index (κ2) is 12.3. The zero-order chi connectivity index (χ0) is 29.9. The Morgan fingerprint density at radius 1 is 1.07 bits per heavy atom. The fourth-order valence-corrected chi connectivity index (χ4v) is 5.38. The van der Waals surface area contributed by atoms with E-state index in [1.54, 1.807) is 24.8 Å². The number of hydrogen-bond donors (Lipinski definition) is 1. The number of alkyl halides is 3. The highest BCUT2D eigenvalue weighted by atomic mass is 19.4. The van der Waals surface area contributed by atoms with E-state index in [1.165, 1.54) is 41.3 Å². The molecule has 2 unspecified atom stereocenters. The van der Waals surface area contributed by atoms with Crippen molar-refractivity contribution in [3.8, 4) is 0 Å². The Bertz CT molecular complexity index is 1350. The molecule has 2 atom stereocenters. The largest absolute Gasteiger partial charge is 0.463 e. The Morgan fingerprint density at radius 2 is 1.80 bits per heavy atom. The molecule has 41 heavy (non-hydrogen) atoms. The fraction of sp³-hybridized carbons (Fsp3) is 0.414. The minimum absolute atomic E-state index is 0.0127. The SMILES string of the molecule is CCOC(=O)C1=C(CN2CCN(C(=O)c3cccc(F)c3)C(C)C2)N(CC)C(=O)NC1c1ccccc1C(F)(F)F. The molecule has 0 aliphatic carbocycles. The number of rotatable bonds is 7. The molecule has 12 heteroatoms. The van der Waals surface area contributed by atoms with Gasteiger partial charge in [0.15, 0.2) is 0 Å². The molecule has 2 aromatic rings. The van der Waals surface area contributed by atoms with Gasteiger partial charge in [-0.05, 0) is 50.6 Å². The summed E-state index contributed by atoms with van der Waals surface area (Å²) in [6.07, 6.45) is -4.72. The summed E-state index contributed by atoms with van der Waals surface area (Å²) >= 11 is 0. The Kier molecular flexibility index (Phi) is 9.01. The molecule has 2 heterocycles. The van der Waals surface area contributed by atoms with Gasteiger partial charge in [-0.2, -0.15) is 13.2 Å². The van der Waals surface area contributed by atoms with E-state index in [9.17, 15) is 31.9 Å². The van der Waals surface area contributed by atoms with E-state index >= 15 is 0 Å². The summed E-state index contributed by atoms with van der Waals surface area (Å²) in [5, 5.41) is 2.58. The number of halogens is 4. The number of amides is 3. The zero-order valence-electron chi connectivity index (χ0n) is 23.0. The third-order valence-electron chi connectivity index (χ3n) is 7.24. The van der Waals surface area contributed by atoms with Gasteiger partial charge in [0.05, 0.1) is 23.8 Å². The normalized spacial score (nSPS) is 20.2. The average molecular weight is 577 g/mol. The van der Waals surface area contributed by atoms with Gasteiger partial charge < -0.3 is 15.0 Å². The molecule has 1 fully saturated rings. The molecular weight excluding hydrogens is 544 g/mol. The topological polar surface area (TPSA) is 82.2 Å². The second-order valence-electron chi connectivity index (χ2n) is 9.89. The first-order valence-corrected chi connectivity index (χ1v) is 13.4. The molecule has 0 bridgehead atoms. The summed E-state index contributed by atoms with van der Waals surface area (Å²) in [6, 6.07) is 7.93. The molecule has 3 amide bonds. The van der Waals surface area contributed by atoms with Crippen LogP contribution in [-0.2, 0) is 15.7 Å². The first-order chi connectivity index (χ1) is 19.5. The number of nitrogens with zero attached hydrogens (tertiary/aromatic N) is 3. The van der Waals surface area contributed by atoms with Crippen molar-refractivity contribution < 1.29 is 36.7 Å². The Labute approximate surface area is 235 Å². The van der Waals surface area contributed by atoms with Crippen LogP contribution in [0.5, 0.6) is 0 Å². The van der Waals surface area contributed by atoms with Crippen molar-refractivity contribution in [2.24, 2.45) is 0 Å². The van der Waals surface area contributed by atoms with Gasteiger partial charge in [-0.1, -0.05) is 24.3 Å². The van der Waals surface area contributed by atoms with Crippen LogP contribution in [0.25, 0.3) is 0 Å². The number of ether oxygens (including phenoxy) is 1. The van der Waals surface area contributed by atoms with Crippen molar-refractivity contribution in [2.45, 2.75) is 39.0 Å². The standard InChI is InChI=1S/C29H32F4N4O4/c1-4-36-23(17-35-13-14-37(18(3)16-35)26(38)19-9-8-10-20(30)15-19)24(27(39)41-5-2)25(34-28(36)40)21-11-6-7-12-22(21)29(31,32)33/h6-12,15,18,25H,4-5,13-14,16-17H2,1-3H3,(H,34,40). The molecule has 2 aliphatic heterocycles. The lowest BCUT2D eigenvalue weighted by molar-refractivity contribution is -0.141. The van der Waals surface area contributed by atoms with Gasteiger partial charge >= 0.3 is 18.2 Å². The fourth-order valence-electron chi connectivity index (χ4n) is 5.38. The number of carbonyl (C=O) groups excluding carboxylic acids is 3. The number of esters is 1. The number of likely N-dealkylation sites (N-methyl/N-ethyl adjacent to an activating group) is 1. The number of hydrogen-bond acceptors (Lipinski definition) is 5. The summed E-state index contributed by atoms with van der Waals surface area (Å²) in [5.41, 5.74) is -0.826. The number of piperazine rings is 1. The maximum absolute atomic E-state index is 14.0. The summed E-state index contributed by atoms with van der Waals surface area (Å²) in [6.45, 7) is 6.32. The third kappa shape index (κ3) is 6.37. The van der Waals surface area contributed by atoms with Crippen molar-refractivity contribution in [3.05, 3.63) is 82.3 Å². The number of urea groups is 1. The van der Waals surface area contributed by atoms with Crippen molar-refractivity contribution >= 4 is 17.9 Å². The summed E-state index contributed by atoms with van der Waals surface area (Å²) < 4.78 is 60.9. The molecule has 0 saturated carbocycles. The average Bonchev–Trinajstić information content (AvgIpc) is 2.92. The minimum atomic E-state index is -4.72. The van der Waals surface area contributed by atoms with E-state index in [4.69, 9.17) is 4.74 Å². The van der Waals surface area contributed by atoms with E-state index in [-0.39, 0.29) is 60.6 Å². The van der Waals surface area contributed by atoms with Crippen LogP contribution in [0.4, 0.5) is 22.4 Å². The Morgan fingerprint density at radius 3 is 2.44 bits per heavy atom. The summed E-state index contributed by atoms with van der Waals surface area (Å²) in [5.74, 6) is -1.66. The van der Waals surface area contributed by atoms with E-state index < -0.39 is 35.6 Å². The molecule has 0 radical (unpaired) electrons. The van der Waals surface area contributed by atoms with Crippen LogP contribution >= 0.6 is 0 Å². The number of carbonyl (C=O) groups is 3. The van der Waals surface area contributed by atoms with Gasteiger partial charge in [-0.25, -0.2) is 14.0 Å². The second-order valence-corrected chi connectivity index (χ2v) is 9.89. The van der Waals surface area contributed by atoms with Crippen LogP contribution < -0.4 is 5.32 Å². The highest BCUT2D eigenvalue weighted by Crippen LogP contribution is 2.39. The van der Waals surface area contributed by atoms with Crippen LogP contribution in [0.2, 0.25) is 0 Å². The number of nitrogens with one attached hydrogen (secondary N) is 1. The quantitative estimate of drug-likeness (QED) is 0.385. The van der Waals surface area contributed by atoms with Gasteiger partial charge in [-0.15, -0.1) is 0 Å². The first kappa shape index (κ1) is 30.0. The molecule has 4 rings (SSSR count). The molecule has 1 N–H and O–H groups in total. The minimum Gasteiger partial charge on any atom is -0.463 e. The Balaban J connectivity index is 1.69. The number of benzene rings is 2. The maximum Gasteiger partial charge on any atom is 0.416 e. The lowest BCUT2D eigenvalue weighted by Crippen LogP contribution is -2.56. The van der Waals surface area contributed by atoms with Crippen LogP contribution in [-0.4, -0.2) is 78.0 Å². The van der Waals surface area contributed by atoms with Gasteiger partial charge in [0.2, 0.25) is 0 Å². The van der Waals surface area contributed by atoms with E-state index in [2.05, 4.69) is 5.32 Å². The molecule has 2 aromatic carbocycles. The molecule has 220 valence electrons. The van der Waals surface area contributed by atoms with Gasteiger partial charge in [0.1, 0.15) is 5.82 Å². The van der Waals surface area contributed by atoms with Crippen LogP contribution in [0.3, 0.4) is 0 Å². The molecule has 0 spiro atoms. The highest BCUT2D eigenvalue weighted by Gasteiger charge is 2.43. The van der Waals surface area contributed by atoms with Crippen LogP contribution in [0.1, 0.15) is 48.3 Å². The lowest BCUT2D eigenvalue weighted by atomic mass is 9.90. The Hall–Kier alpha value is -3.93. The van der Waals surface area contributed by atoms with Crippen LogP contribution in [0, 0.1) is 5.82 Å². The van der Waals surface area contributed by atoms with Crippen molar-refractivity contribution in [2.75, 3.05) is 39.3 Å². The molecule has 0 aromatic heterocycles. The zero-order valence-corrected chi connectivity index (χ0v) is 23.0. The van der Waals surface area contributed by atoms with Crippen molar-refractivity contribution in [1.82, 2.24) is 20.0 Å². The third-order valence-corrected chi connectivity index (χ3v) is 7.24. The first-order valence-electron chi connectivity index (χ1n) is 13.4. The predicted molar refractivity (Wildman–Crippen MR) is 142 cm³/mol. The monoisotopic (exact) mass is 576 g/mol. The lowest BCUT2D eigenvalue weighted by Gasteiger charge is -2.43. The summed E-state index contributed by atoms with van der Waals surface area (Å²) in [4.78, 5) is 44.4. The van der Waals surface area contributed by atoms with E-state index in [0.29, 0.717) is 13.1 Å².